The van der Waals surface area contributed by atoms with Gasteiger partial charge >= 0.3 is 0 Å². The van der Waals surface area contributed by atoms with Gasteiger partial charge in [-0.1, -0.05) is 72.8 Å². The van der Waals surface area contributed by atoms with Crippen molar-refractivity contribution in [2.45, 2.75) is 25.7 Å². The van der Waals surface area contributed by atoms with Gasteiger partial charge in [0.2, 0.25) is 0 Å². The van der Waals surface area contributed by atoms with Gasteiger partial charge in [-0.15, -0.1) is 0 Å². The molecule has 4 nitrogen and oxygen atoms in total. The molecule has 1 aliphatic rings. The van der Waals surface area contributed by atoms with Gasteiger partial charge in [0.15, 0.2) is 0 Å². The van der Waals surface area contributed by atoms with Gasteiger partial charge in [-0.25, -0.2) is 0 Å². The number of nitrogens with one attached hydrogen (secondary N) is 2. The Balaban J connectivity index is 1.24. The van der Waals surface area contributed by atoms with Crippen LogP contribution in [0.1, 0.15) is 34.0 Å². The Morgan fingerprint density at radius 3 is 2.09 bits per heavy atom. The predicted molar refractivity (Wildman–Crippen MR) is 140 cm³/mol. The van der Waals surface area contributed by atoms with Crippen LogP contribution < -0.4 is 14.8 Å². The summed E-state index contributed by atoms with van der Waals surface area (Å²) in [6.07, 6.45) is 0.984. The zero-order chi connectivity index (χ0) is 23.5. The number of rotatable bonds is 7. The van der Waals surface area contributed by atoms with Gasteiger partial charge in [-0.3, -0.25) is 0 Å². The topological polar surface area (TPSA) is 46.3 Å². The summed E-state index contributed by atoms with van der Waals surface area (Å²) in [6, 6.07) is 35.4. The van der Waals surface area contributed by atoms with Crippen LogP contribution in [0.4, 0.5) is 0 Å². The van der Waals surface area contributed by atoms with Gasteiger partial charge in [0.25, 0.3) is 0 Å². The van der Waals surface area contributed by atoms with E-state index in [2.05, 4.69) is 64.9 Å². The molecule has 0 radical (unpaired) electrons. The number of H-pyrrole nitrogens is 1. The van der Waals surface area contributed by atoms with Crippen LogP contribution in [-0.2, 0) is 19.6 Å². The maximum Gasteiger partial charge on any atom is 0.120 e. The number of ether oxygens (including phenoxy) is 2. The summed E-state index contributed by atoms with van der Waals surface area (Å²) >= 11 is 0. The molecular formula is C31H28N2O2. The highest BCUT2D eigenvalue weighted by Crippen LogP contribution is 2.36. The van der Waals surface area contributed by atoms with Gasteiger partial charge in [0.05, 0.1) is 6.04 Å². The fraction of sp³-hybridized carbons (Fsp3) is 0.161. The molecule has 1 atom stereocenters. The van der Waals surface area contributed by atoms with E-state index in [4.69, 9.17) is 9.47 Å². The van der Waals surface area contributed by atoms with Gasteiger partial charge in [-0.2, -0.15) is 0 Å². The maximum atomic E-state index is 6.11. The quantitative estimate of drug-likeness (QED) is 0.289. The van der Waals surface area contributed by atoms with Crippen molar-refractivity contribution in [2.75, 3.05) is 6.54 Å². The third-order valence-corrected chi connectivity index (χ3v) is 6.61. The minimum Gasteiger partial charge on any atom is -0.489 e. The van der Waals surface area contributed by atoms with E-state index in [0.29, 0.717) is 13.2 Å². The standard InChI is InChI=1S/C31H28N2O2/c1-3-8-22(9-4-1)20-34-25-13-7-12-24(18-25)30-31-27(16-17-32-30)28-19-26(14-15-29(28)33-31)35-21-23-10-5-2-6-11-23/h1-15,18-19,30,32-33H,16-17,20-21H2. The lowest BCUT2D eigenvalue weighted by Crippen LogP contribution is -2.30. The van der Waals surface area contributed by atoms with Crippen LogP contribution in [0.3, 0.4) is 0 Å². The zero-order valence-corrected chi connectivity index (χ0v) is 19.5. The Kier molecular flexibility index (Phi) is 5.95. The first-order valence-corrected chi connectivity index (χ1v) is 12.1. The molecule has 1 unspecified atom stereocenters. The van der Waals surface area contributed by atoms with E-state index in [1.807, 2.05) is 48.5 Å². The van der Waals surface area contributed by atoms with Crippen molar-refractivity contribution < 1.29 is 9.47 Å². The molecule has 6 rings (SSSR count). The molecule has 0 saturated heterocycles. The van der Waals surface area contributed by atoms with E-state index in [1.165, 1.54) is 27.8 Å². The molecule has 4 aromatic carbocycles. The van der Waals surface area contributed by atoms with Crippen molar-refractivity contribution in [3.8, 4) is 11.5 Å². The maximum absolute atomic E-state index is 6.11. The monoisotopic (exact) mass is 460 g/mol. The lowest BCUT2D eigenvalue weighted by Gasteiger charge is -2.25. The van der Waals surface area contributed by atoms with Gasteiger partial charge < -0.3 is 19.8 Å². The van der Waals surface area contributed by atoms with E-state index in [0.717, 1.165) is 35.5 Å². The number of aromatic nitrogens is 1. The third-order valence-electron chi connectivity index (χ3n) is 6.61. The first-order valence-electron chi connectivity index (χ1n) is 12.1. The summed E-state index contributed by atoms with van der Waals surface area (Å²) in [7, 11) is 0. The largest absolute Gasteiger partial charge is 0.489 e. The fourth-order valence-electron chi connectivity index (χ4n) is 4.85. The van der Waals surface area contributed by atoms with E-state index < -0.39 is 0 Å². The molecule has 0 spiro atoms. The van der Waals surface area contributed by atoms with Crippen LogP contribution in [0.25, 0.3) is 10.9 Å². The number of benzene rings is 4. The van der Waals surface area contributed by atoms with Crippen molar-refractivity contribution in [3.63, 3.8) is 0 Å². The Bertz CT molecular complexity index is 1430. The molecule has 1 aliphatic heterocycles. The SMILES string of the molecule is c1ccc(COc2cccc(C3NCCc4c3[nH]c3ccc(OCc5ccccc5)cc43)c2)cc1. The van der Waals surface area contributed by atoms with Crippen molar-refractivity contribution >= 4 is 10.9 Å². The van der Waals surface area contributed by atoms with Gasteiger partial charge in [0.1, 0.15) is 24.7 Å². The number of fused-ring (bicyclic) bond motifs is 3. The second-order valence-corrected chi connectivity index (χ2v) is 8.98. The molecule has 2 heterocycles. The van der Waals surface area contributed by atoms with Crippen LogP contribution in [0, 0.1) is 0 Å². The highest BCUT2D eigenvalue weighted by Gasteiger charge is 2.25. The molecular weight excluding hydrogens is 432 g/mol. The second-order valence-electron chi connectivity index (χ2n) is 8.98. The fourth-order valence-corrected chi connectivity index (χ4v) is 4.85. The summed E-state index contributed by atoms with van der Waals surface area (Å²) in [4.78, 5) is 3.68. The molecule has 2 N–H and O–H groups in total. The first kappa shape index (κ1) is 21.5. The average Bonchev–Trinajstić information content (AvgIpc) is 3.30. The van der Waals surface area contributed by atoms with E-state index in [9.17, 15) is 0 Å². The van der Waals surface area contributed by atoms with Gasteiger partial charge in [0, 0.05) is 23.1 Å². The number of aromatic amines is 1. The molecule has 5 aromatic rings. The minimum atomic E-state index is 0.0973. The highest BCUT2D eigenvalue weighted by molar-refractivity contribution is 5.86. The van der Waals surface area contributed by atoms with E-state index in [1.54, 1.807) is 0 Å². The predicted octanol–water partition coefficient (Wildman–Crippen LogP) is 6.56. The molecule has 4 heteroatoms. The summed E-state index contributed by atoms with van der Waals surface area (Å²) < 4.78 is 12.2. The Morgan fingerprint density at radius 1 is 0.686 bits per heavy atom. The summed E-state index contributed by atoms with van der Waals surface area (Å²) in [5, 5.41) is 4.94. The molecule has 0 bridgehead atoms. The van der Waals surface area contributed by atoms with Crippen LogP contribution in [0.5, 0.6) is 11.5 Å². The van der Waals surface area contributed by atoms with E-state index >= 15 is 0 Å². The second kappa shape index (κ2) is 9.69. The van der Waals surface area contributed by atoms with Crippen LogP contribution in [0.15, 0.2) is 103 Å². The zero-order valence-electron chi connectivity index (χ0n) is 19.5. The molecule has 0 saturated carbocycles. The summed E-state index contributed by atoms with van der Waals surface area (Å²) in [5.41, 5.74) is 7.27. The van der Waals surface area contributed by atoms with E-state index in [-0.39, 0.29) is 6.04 Å². The Labute approximate surface area is 205 Å². The molecule has 0 aliphatic carbocycles. The van der Waals surface area contributed by atoms with Crippen molar-refractivity contribution in [1.82, 2.24) is 10.3 Å². The van der Waals surface area contributed by atoms with Crippen molar-refractivity contribution in [3.05, 3.63) is 131 Å². The highest BCUT2D eigenvalue weighted by atomic mass is 16.5. The number of hydrogen-bond acceptors (Lipinski definition) is 3. The molecule has 174 valence electrons. The van der Waals surface area contributed by atoms with Crippen molar-refractivity contribution in [2.24, 2.45) is 0 Å². The van der Waals surface area contributed by atoms with Crippen LogP contribution >= 0.6 is 0 Å². The van der Waals surface area contributed by atoms with Crippen molar-refractivity contribution in [1.29, 1.82) is 0 Å². The molecule has 1 aromatic heterocycles. The normalized spacial score (nSPS) is 15.0. The minimum absolute atomic E-state index is 0.0973. The Morgan fingerprint density at radius 2 is 1.37 bits per heavy atom. The summed E-state index contributed by atoms with van der Waals surface area (Å²) in [5.74, 6) is 1.78. The molecule has 0 amide bonds. The number of hydrogen-bond donors (Lipinski definition) is 2. The third kappa shape index (κ3) is 4.66. The lowest BCUT2D eigenvalue weighted by molar-refractivity contribution is 0.305. The average molecular weight is 461 g/mol. The molecule has 0 fully saturated rings. The lowest BCUT2D eigenvalue weighted by atomic mass is 9.94. The summed E-state index contributed by atoms with van der Waals surface area (Å²) in [6.45, 7) is 2.06. The molecule has 35 heavy (non-hydrogen) atoms. The smallest absolute Gasteiger partial charge is 0.120 e. The first-order chi connectivity index (χ1) is 17.3. The van der Waals surface area contributed by atoms with Crippen LogP contribution in [0.2, 0.25) is 0 Å². The van der Waals surface area contributed by atoms with Gasteiger partial charge in [-0.05, 0) is 59.0 Å². The Hall–Kier alpha value is -4.02. The van der Waals surface area contributed by atoms with Crippen LogP contribution in [-0.4, -0.2) is 11.5 Å².